The van der Waals surface area contributed by atoms with Crippen molar-refractivity contribution >= 4 is 0 Å². The van der Waals surface area contributed by atoms with E-state index in [0.29, 0.717) is 11.6 Å². The fraction of sp³-hybridized carbons (Fsp3) is 1.00. The number of ether oxygens (including phenoxy) is 1. The first-order chi connectivity index (χ1) is 8.26. The van der Waals surface area contributed by atoms with Crippen LogP contribution in [-0.2, 0) is 4.74 Å². The van der Waals surface area contributed by atoms with Gasteiger partial charge in [-0.3, -0.25) is 4.90 Å². The normalized spacial score (nSPS) is 29.6. The van der Waals surface area contributed by atoms with Gasteiger partial charge in [0.2, 0.25) is 0 Å². The molecule has 1 unspecified atom stereocenters. The third kappa shape index (κ3) is 3.43. The maximum atomic E-state index is 5.16. The highest BCUT2D eigenvalue weighted by atomic mass is 16.5. The molecule has 3 nitrogen and oxygen atoms in total. The number of piperazine rings is 1. The van der Waals surface area contributed by atoms with Gasteiger partial charge in [0.05, 0.1) is 0 Å². The van der Waals surface area contributed by atoms with Crippen molar-refractivity contribution in [1.29, 1.82) is 0 Å². The number of nitrogens with zero attached hydrogens (tertiary/aromatic N) is 1. The minimum atomic E-state index is 0.442. The molecule has 1 atom stereocenters. The van der Waals surface area contributed by atoms with E-state index in [1.807, 2.05) is 0 Å². The van der Waals surface area contributed by atoms with Crippen molar-refractivity contribution in [3.8, 4) is 0 Å². The van der Waals surface area contributed by atoms with Crippen LogP contribution in [0.15, 0.2) is 0 Å². The van der Waals surface area contributed by atoms with Crippen molar-refractivity contribution < 1.29 is 4.74 Å². The first kappa shape index (κ1) is 13.3. The minimum absolute atomic E-state index is 0.442. The lowest BCUT2D eigenvalue weighted by Gasteiger charge is -2.49. The summed E-state index contributed by atoms with van der Waals surface area (Å²) in [7, 11) is 1.80. The zero-order valence-corrected chi connectivity index (χ0v) is 11.5. The summed E-state index contributed by atoms with van der Waals surface area (Å²) in [5.41, 5.74) is 0.442. The van der Waals surface area contributed by atoms with E-state index < -0.39 is 0 Å². The van der Waals surface area contributed by atoms with E-state index in [2.05, 4.69) is 17.1 Å². The van der Waals surface area contributed by atoms with Crippen LogP contribution in [0.2, 0.25) is 0 Å². The topological polar surface area (TPSA) is 24.5 Å². The van der Waals surface area contributed by atoms with Gasteiger partial charge in [0, 0.05) is 44.9 Å². The van der Waals surface area contributed by atoms with Crippen LogP contribution in [0.5, 0.6) is 0 Å². The van der Waals surface area contributed by atoms with Gasteiger partial charge in [-0.15, -0.1) is 0 Å². The number of hydrogen-bond acceptors (Lipinski definition) is 3. The van der Waals surface area contributed by atoms with Crippen LogP contribution in [0.3, 0.4) is 0 Å². The average molecular weight is 240 g/mol. The number of nitrogens with one attached hydrogen (secondary N) is 1. The maximum Gasteiger partial charge on any atom is 0.0474 e. The highest BCUT2D eigenvalue weighted by Crippen LogP contribution is 2.31. The molecular weight excluding hydrogens is 212 g/mol. The van der Waals surface area contributed by atoms with Crippen molar-refractivity contribution in [2.75, 3.05) is 33.4 Å². The van der Waals surface area contributed by atoms with Crippen molar-refractivity contribution in [2.24, 2.45) is 0 Å². The Morgan fingerprint density at radius 3 is 2.76 bits per heavy atom. The molecule has 2 fully saturated rings. The predicted molar refractivity (Wildman–Crippen MR) is 71.3 cm³/mol. The monoisotopic (exact) mass is 240 g/mol. The van der Waals surface area contributed by atoms with Crippen LogP contribution in [0.4, 0.5) is 0 Å². The smallest absolute Gasteiger partial charge is 0.0474 e. The van der Waals surface area contributed by atoms with Crippen LogP contribution >= 0.6 is 0 Å². The molecule has 1 aliphatic carbocycles. The third-order valence-electron chi connectivity index (χ3n) is 4.51. The molecule has 0 aromatic carbocycles. The van der Waals surface area contributed by atoms with Gasteiger partial charge in [0.25, 0.3) is 0 Å². The second kappa shape index (κ2) is 6.17. The molecule has 0 amide bonds. The number of hydrogen-bond donors (Lipinski definition) is 1. The molecule has 0 aromatic heterocycles. The minimum Gasteiger partial charge on any atom is -0.385 e. The summed E-state index contributed by atoms with van der Waals surface area (Å²) < 4.78 is 5.16. The standard InChI is InChI=1S/C14H28N2O/c1-13-11-15-14(7-4-3-5-8-14)12-16(13)9-6-10-17-2/h13,15H,3-12H2,1-2H3. The Morgan fingerprint density at radius 2 is 2.06 bits per heavy atom. The highest BCUT2D eigenvalue weighted by Gasteiger charge is 2.38. The molecular formula is C14H28N2O. The molecule has 1 saturated heterocycles. The average Bonchev–Trinajstić information content (AvgIpc) is 2.35. The zero-order valence-electron chi connectivity index (χ0n) is 11.5. The van der Waals surface area contributed by atoms with Crippen molar-refractivity contribution in [3.63, 3.8) is 0 Å². The second-order valence-corrected chi connectivity index (χ2v) is 5.89. The SMILES string of the molecule is COCCCN1CC2(CCCCC2)NCC1C. The zero-order chi connectivity index (χ0) is 12.1. The summed E-state index contributed by atoms with van der Waals surface area (Å²) in [6.07, 6.45) is 8.17. The van der Waals surface area contributed by atoms with E-state index in [1.165, 1.54) is 45.2 Å². The Labute approximate surface area is 106 Å². The molecule has 2 aliphatic rings. The predicted octanol–water partition coefficient (Wildman–Crippen LogP) is 2.02. The largest absolute Gasteiger partial charge is 0.385 e. The lowest BCUT2D eigenvalue weighted by molar-refractivity contribution is 0.0556. The van der Waals surface area contributed by atoms with Gasteiger partial charge < -0.3 is 10.1 Å². The Bertz CT molecular complexity index is 226. The van der Waals surface area contributed by atoms with Crippen molar-refractivity contribution in [2.45, 2.75) is 57.0 Å². The summed E-state index contributed by atoms with van der Waals surface area (Å²) in [4.78, 5) is 2.67. The third-order valence-corrected chi connectivity index (χ3v) is 4.51. The molecule has 1 aliphatic heterocycles. The number of methoxy groups -OCH3 is 1. The summed E-state index contributed by atoms with van der Waals surface area (Å²) in [5, 5.41) is 3.83. The Balaban J connectivity index is 1.86. The van der Waals surface area contributed by atoms with Gasteiger partial charge in [-0.25, -0.2) is 0 Å². The summed E-state index contributed by atoms with van der Waals surface area (Å²) >= 11 is 0. The maximum absolute atomic E-state index is 5.16. The molecule has 0 radical (unpaired) electrons. The van der Waals surface area contributed by atoms with E-state index in [0.717, 1.165) is 19.6 Å². The van der Waals surface area contributed by atoms with Gasteiger partial charge in [0.15, 0.2) is 0 Å². The van der Waals surface area contributed by atoms with Gasteiger partial charge in [0.1, 0.15) is 0 Å². The first-order valence-corrected chi connectivity index (χ1v) is 7.24. The van der Waals surface area contributed by atoms with E-state index in [-0.39, 0.29) is 0 Å². The van der Waals surface area contributed by atoms with E-state index in [4.69, 9.17) is 4.74 Å². The molecule has 0 aromatic rings. The fourth-order valence-electron chi connectivity index (χ4n) is 3.37. The van der Waals surface area contributed by atoms with Crippen LogP contribution in [0.25, 0.3) is 0 Å². The molecule has 17 heavy (non-hydrogen) atoms. The lowest BCUT2D eigenvalue weighted by Crippen LogP contribution is -2.64. The summed E-state index contributed by atoms with van der Waals surface area (Å²) in [6.45, 7) is 6.84. The first-order valence-electron chi connectivity index (χ1n) is 7.24. The molecule has 3 heteroatoms. The van der Waals surface area contributed by atoms with E-state index in [1.54, 1.807) is 7.11 Å². The molecule has 1 saturated carbocycles. The Kier molecular flexibility index (Phi) is 4.83. The van der Waals surface area contributed by atoms with Crippen LogP contribution in [0.1, 0.15) is 45.4 Å². The van der Waals surface area contributed by atoms with Crippen molar-refractivity contribution in [1.82, 2.24) is 10.2 Å². The second-order valence-electron chi connectivity index (χ2n) is 5.89. The molecule has 100 valence electrons. The van der Waals surface area contributed by atoms with E-state index >= 15 is 0 Å². The Morgan fingerprint density at radius 1 is 1.29 bits per heavy atom. The van der Waals surface area contributed by atoms with E-state index in [9.17, 15) is 0 Å². The summed E-state index contributed by atoms with van der Waals surface area (Å²) in [6, 6.07) is 0.680. The summed E-state index contributed by atoms with van der Waals surface area (Å²) in [5.74, 6) is 0. The van der Waals surface area contributed by atoms with Gasteiger partial charge in [-0.05, 0) is 26.2 Å². The van der Waals surface area contributed by atoms with Gasteiger partial charge in [-0.1, -0.05) is 19.3 Å². The molecule has 1 spiro atoms. The fourth-order valence-corrected chi connectivity index (χ4v) is 3.37. The quantitative estimate of drug-likeness (QED) is 0.761. The van der Waals surface area contributed by atoms with Crippen molar-refractivity contribution in [3.05, 3.63) is 0 Å². The van der Waals surface area contributed by atoms with Gasteiger partial charge in [-0.2, -0.15) is 0 Å². The number of rotatable bonds is 4. The lowest BCUT2D eigenvalue weighted by atomic mass is 9.79. The van der Waals surface area contributed by atoms with Crippen LogP contribution < -0.4 is 5.32 Å². The molecule has 2 rings (SSSR count). The molecule has 0 bridgehead atoms. The highest BCUT2D eigenvalue weighted by molar-refractivity contribution is 4.98. The Hall–Kier alpha value is -0.120. The molecule has 1 N–H and O–H groups in total. The molecule has 1 heterocycles. The van der Waals surface area contributed by atoms with Gasteiger partial charge >= 0.3 is 0 Å². The van der Waals surface area contributed by atoms with Crippen LogP contribution in [0, 0.1) is 0 Å². The van der Waals surface area contributed by atoms with Crippen LogP contribution in [-0.4, -0.2) is 49.8 Å².